The van der Waals surface area contributed by atoms with Gasteiger partial charge in [0.2, 0.25) is 0 Å². The maximum absolute atomic E-state index is 13.4. The summed E-state index contributed by atoms with van der Waals surface area (Å²) in [6.07, 6.45) is 2.86. The zero-order valence-corrected chi connectivity index (χ0v) is 15.7. The fraction of sp³-hybridized carbons (Fsp3) is 0.273. The monoisotopic (exact) mass is 343 g/mol. The van der Waals surface area contributed by atoms with E-state index >= 15 is 0 Å². The lowest BCUT2D eigenvalue weighted by atomic mass is 10.1. The van der Waals surface area contributed by atoms with Gasteiger partial charge in [-0.1, -0.05) is 60.0 Å². The van der Waals surface area contributed by atoms with Crippen molar-refractivity contribution in [1.29, 1.82) is 0 Å². The van der Waals surface area contributed by atoms with Crippen LogP contribution >= 0.6 is 0 Å². The quantitative estimate of drug-likeness (QED) is 0.588. The molecule has 0 atom stereocenters. The second-order valence-corrected chi connectivity index (χ2v) is 6.02. The number of aryl methyl sites for hydroxylation is 1. The van der Waals surface area contributed by atoms with Gasteiger partial charge in [0, 0.05) is 5.70 Å². The molecule has 2 aromatic carbocycles. The van der Waals surface area contributed by atoms with E-state index in [1.807, 2.05) is 38.1 Å². The van der Waals surface area contributed by atoms with Gasteiger partial charge in [-0.05, 0) is 52.3 Å². The van der Waals surface area contributed by atoms with Gasteiger partial charge in [0.15, 0.2) is 0 Å². The van der Waals surface area contributed by atoms with Crippen LogP contribution in [-0.4, -0.2) is 0 Å². The number of para-hydroxylation sites is 1. The van der Waals surface area contributed by atoms with Crippen molar-refractivity contribution in [3.05, 3.63) is 88.6 Å². The Labute approximate surface area is 150 Å². The number of anilines is 1. The van der Waals surface area contributed by atoms with Crippen LogP contribution in [0.25, 0.3) is 0 Å². The first-order valence-electron chi connectivity index (χ1n) is 8.42. The first-order chi connectivity index (χ1) is 11.8. The minimum absolute atomic E-state index is 0.104. The first-order valence-corrected chi connectivity index (χ1v) is 8.42. The Morgan fingerprint density at radius 1 is 0.920 bits per heavy atom. The van der Waals surface area contributed by atoms with Crippen molar-refractivity contribution in [3.8, 4) is 0 Å². The van der Waals surface area contributed by atoms with Crippen molar-refractivity contribution in [2.24, 2.45) is 0 Å². The topological polar surface area (TPSA) is 12.0 Å². The summed E-state index contributed by atoms with van der Waals surface area (Å²) in [5.41, 5.74) is 4.30. The number of benzene rings is 2. The summed E-state index contributed by atoms with van der Waals surface area (Å²) in [4.78, 5) is 0. The lowest BCUT2D eigenvalue weighted by Crippen LogP contribution is -2.01. The summed E-state index contributed by atoms with van der Waals surface area (Å²) < 4.78 is 26.9. The predicted molar refractivity (Wildman–Crippen MR) is 104 cm³/mol. The summed E-state index contributed by atoms with van der Waals surface area (Å²) in [6.45, 7) is 9.98. The van der Waals surface area contributed by atoms with Crippen LogP contribution in [0.5, 0.6) is 0 Å². The Morgan fingerprint density at radius 2 is 1.48 bits per heavy atom. The normalized spacial score (nSPS) is 12.0. The molecule has 25 heavy (non-hydrogen) atoms. The molecule has 1 N–H and O–H groups in total. The highest BCUT2D eigenvalue weighted by Crippen LogP contribution is 2.20. The molecule has 0 aliphatic rings. The molecule has 0 heterocycles. The van der Waals surface area contributed by atoms with E-state index in [9.17, 15) is 8.78 Å². The van der Waals surface area contributed by atoms with Crippen LogP contribution < -0.4 is 5.32 Å². The highest BCUT2D eigenvalue weighted by Gasteiger charge is 2.07. The molecular weight excluding hydrogens is 316 g/mol. The van der Waals surface area contributed by atoms with Gasteiger partial charge in [0.1, 0.15) is 17.3 Å². The molecule has 0 bridgehead atoms. The van der Waals surface area contributed by atoms with Gasteiger partial charge in [-0.25, -0.2) is 8.78 Å². The van der Waals surface area contributed by atoms with Gasteiger partial charge in [-0.2, -0.15) is 0 Å². The summed E-state index contributed by atoms with van der Waals surface area (Å²) in [5.74, 6) is -1.17. The van der Waals surface area contributed by atoms with Crippen molar-refractivity contribution in [1.82, 2.24) is 0 Å². The van der Waals surface area contributed by atoms with Crippen molar-refractivity contribution in [2.45, 2.75) is 41.0 Å². The molecule has 2 rings (SSSR count). The predicted octanol–water partition coefficient (Wildman–Crippen LogP) is 7.02. The van der Waals surface area contributed by atoms with E-state index < -0.39 is 11.6 Å². The van der Waals surface area contributed by atoms with E-state index in [-0.39, 0.29) is 5.69 Å². The SMILES string of the molecule is CC/C(C)=C(C)\C=C(\C)Nc1c(F)cccc1F.Cc1ccccc1. The lowest BCUT2D eigenvalue weighted by Gasteiger charge is -2.10. The Hall–Kier alpha value is -2.42. The number of rotatable bonds is 4. The maximum Gasteiger partial charge on any atom is 0.149 e. The van der Waals surface area contributed by atoms with E-state index in [1.165, 1.54) is 29.3 Å². The average molecular weight is 343 g/mol. The molecule has 0 aliphatic heterocycles. The van der Waals surface area contributed by atoms with Crippen molar-refractivity contribution in [3.63, 3.8) is 0 Å². The Balaban J connectivity index is 0.000000370. The van der Waals surface area contributed by atoms with Crippen molar-refractivity contribution < 1.29 is 8.78 Å². The third-order valence-electron chi connectivity index (χ3n) is 3.86. The minimum Gasteiger partial charge on any atom is -0.354 e. The van der Waals surface area contributed by atoms with Gasteiger partial charge in [-0.15, -0.1) is 0 Å². The van der Waals surface area contributed by atoms with Crippen LogP contribution in [0.4, 0.5) is 14.5 Å². The van der Waals surface area contributed by atoms with Crippen molar-refractivity contribution in [2.75, 3.05) is 5.32 Å². The lowest BCUT2D eigenvalue weighted by molar-refractivity contribution is 0.590. The molecule has 0 saturated carbocycles. The molecule has 0 aliphatic carbocycles. The molecule has 134 valence electrons. The molecule has 0 unspecified atom stereocenters. The molecule has 0 saturated heterocycles. The molecule has 2 aromatic rings. The van der Waals surface area contributed by atoms with Gasteiger partial charge >= 0.3 is 0 Å². The number of halogens is 2. The summed E-state index contributed by atoms with van der Waals surface area (Å²) in [6, 6.07) is 14.1. The van der Waals surface area contributed by atoms with Crippen LogP contribution in [0.15, 0.2) is 71.5 Å². The fourth-order valence-corrected chi connectivity index (χ4v) is 2.11. The molecule has 0 aromatic heterocycles. The van der Waals surface area contributed by atoms with Crippen LogP contribution in [0.2, 0.25) is 0 Å². The Morgan fingerprint density at radius 3 is 1.92 bits per heavy atom. The summed E-state index contributed by atoms with van der Waals surface area (Å²) in [7, 11) is 0. The largest absolute Gasteiger partial charge is 0.354 e. The fourth-order valence-electron chi connectivity index (χ4n) is 2.11. The summed E-state index contributed by atoms with van der Waals surface area (Å²) >= 11 is 0. The average Bonchev–Trinajstić information content (AvgIpc) is 2.58. The van der Waals surface area contributed by atoms with E-state index in [1.54, 1.807) is 6.92 Å². The second-order valence-electron chi connectivity index (χ2n) is 6.02. The van der Waals surface area contributed by atoms with E-state index in [4.69, 9.17) is 0 Å². The Bertz CT molecular complexity index is 711. The molecule has 0 spiro atoms. The van der Waals surface area contributed by atoms with E-state index in [0.717, 1.165) is 12.0 Å². The smallest absolute Gasteiger partial charge is 0.149 e. The zero-order chi connectivity index (χ0) is 18.8. The van der Waals surface area contributed by atoms with Crippen LogP contribution in [0.3, 0.4) is 0 Å². The van der Waals surface area contributed by atoms with Gasteiger partial charge < -0.3 is 5.32 Å². The number of nitrogens with one attached hydrogen (secondary N) is 1. The Kier molecular flexibility index (Phi) is 8.62. The first kappa shape index (κ1) is 20.6. The molecule has 0 amide bonds. The van der Waals surface area contributed by atoms with Crippen LogP contribution in [0, 0.1) is 18.6 Å². The van der Waals surface area contributed by atoms with Crippen LogP contribution in [0.1, 0.15) is 39.7 Å². The molecule has 0 fully saturated rings. The molecular formula is C22H27F2N. The molecule has 1 nitrogen and oxygen atoms in total. The number of hydrogen-bond donors (Lipinski definition) is 1. The number of allylic oxidation sites excluding steroid dienone is 4. The van der Waals surface area contributed by atoms with Crippen LogP contribution in [-0.2, 0) is 0 Å². The summed E-state index contributed by atoms with van der Waals surface area (Å²) in [5, 5.41) is 2.77. The second kappa shape index (κ2) is 10.4. The minimum atomic E-state index is -0.586. The zero-order valence-electron chi connectivity index (χ0n) is 15.7. The third-order valence-corrected chi connectivity index (χ3v) is 3.86. The highest BCUT2D eigenvalue weighted by atomic mass is 19.1. The molecule has 3 heteroatoms. The van der Waals surface area contributed by atoms with E-state index in [2.05, 4.69) is 31.3 Å². The standard InChI is InChI=1S/C15H19F2N.C7H8/c1-5-10(2)11(3)9-12(4)18-15-13(16)7-6-8-14(15)17;1-7-5-3-2-4-6-7/h6-9,18H,5H2,1-4H3;2-6H,1H3/b11-10-,12-9-;. The van der Waals surface area contributed by atoms with Gasteiger partial charge in [0.05, 0.1) is 0 Å². The number of hydrogen-bond acceptors (Lipinski definition) is 1. The third kappa shape index (κ3) is 7.34. The van der Waals surface area contributed by atoms with E-state index in [0.29, 0.717) is 5.70 Å². The van der Waals surface area contributed by atoms with Gasteiger partial charge in [-0.3, -0.25) is 0 Å². The highest BCUT2D eigenvalue weighted by molar-refractivity contribution is 5.51. The van der Waals surface area contributed by atoms with Crippen molar-refractivity contribution >= 4 is 5.69 Å². The van der Waals surface area contributed by atoms with Gasteiger partial charge in [0.25, 0.3) is 0 Å². The maximum atomic E-state index is 13.4. The molecule has 0 radical (unpaired) electrons.